The highest BCUT2D eigenvalue weighted by Crippen LogP contribution is 2.28. The quantitative estimate of drug-likeness (QED) is 0.779. The molecule has 112 valence electrons. The van der Waals surface area contributed by atoms with Gasteiger partial charge in [-0.2, -0.15) is 0 Å². The van der Waals surface area contributed by atoms with Gasteiger partial charge in [-0.05, 0) is 10.8 Å². The Bertz CT molecular complexity index is 424. The van der Waals surface area contributed by atoms with Crippen molar-refractivity contribution in [3.8, 4) is 0 Å². The molecule has 0 aromatic rings. The zero-order chi connectivity index (χ0) is 15.1. The number of carbonyl (C=O) groups is 1. The summed E-state index contributed by atoms with van der Waals surface area (Å²) in [5, 5.41) is 0. The highest BCUT2D eigenvalue weighted by Gasteiger charge is 2.38. The zero-order valence-electron chi connectivity index (χ0n) is 13.2. The summed E-state index contributed by atoms with van der Waals surface area (Å²) in [6.07, 6.45) is 0. The topological polar surface area (TPSA) is 60.2 Å². The number of carbonyl (C=O) groups excluding carboxylic acids is 1. The van der Waals surface area contributed by atoms with Crippen LogP contribution in [0.3, 0.4) is 0 Å². The van der Waals surface area contributed by atoms with Gasteiger partial charge in [-0.15, -0.1) is 0 Å². The third-order valence-corrected chi connectivity index (χ3v) is 3.69. The molecular weight excluding hydrogens is 256 g/mol. The maximum absolute atomic E-state index is 12.3. The van der Waals surface area contributed by atoms with Crippen LogP contribution in [0, 0.1) is 10.8 Å². The molecule has 0 aromatic carbocycles. The van der Waals surface area contributed by atoms with Crippen LogP contribution in [0.5, 0.6) is 0 Å². The first-order valence-corrected chi connectivity index (χ1v) is 7.05. The van der Waals surface area contributed by atoms with E-state index in [2.05, 4.69) is 51.5 Å². The second-order valence-electron chi connectivity index (χ2n) is 7.58. The number of aliphatic imine (C=N–C) groups is 2. The lowest BCUT2D eigenvalue weighted by Crippen LogP contribution is -2.25. The largest absolute Gasteiger partial charge is 0.473 e. The van der Waals surface area contributed by atoms with E-state index in [9.17, 15) is 4.79 Å². The molecule has 0 aromatic heterocycles. The van der Waals surface area contributed by atoms with Gasteiger partial charge in [0, 0.05) is 0 Å². The van der Waals surface area contributed by atoms with E-state index in [1.54, 1.807) is 0 Å². The molecular formula is C15H24N2O3. The summed E-state index contributed by atoms with van der Waals surface area (Å²) in [5.41, 5.74) is -0.0391. The fourth-order valence-corrected chi connectivity index (χ4v) is 1.98. The molecule has 5 nitrogen and oxygen atoms in total. The predicted molar refractivity (Wildman–Crippen MR) is 78.3 cm³/mol. The van der Waals surface area contributed by atoms with Crippen LogP contribution in [0.2, 0.25) is 0 Å². The Hall–Kier alpha value is -1.39. The van der Waals surface area contributed by atoms with Crippen LogP contribution >= 0.6 is 0 Å². The van der Waals surface area contributed by atoms with Gasteiger partial charge in [-0.25, -0.2) is 9.98 Å². The molecule has 0 fully saturated rings. The highest BCUT2D eigenvalue weighted by molar-refractivity contribution is 6.63. The maximum Gasteiger partial charge on any atom is 0.301 e. The van der Waals surface area contributed by atoms with Crippen LogP contribution in [-0.2, 0) is 14.3 Å². The highest BCUT2D eigenvalue weighted by atomic mass is 16.5. The zero-order valence-corrected chi connectivity index (χ0v) is 13.2. The van der Waals surface area contributed by atoms with Crippen molar-refractivity contribution in [1.29, 1.82) is 0 Å². The predicted octanol–water partition coefficient (Wildman–Crippen LogP) is 2.24. The Morgan fingerprint density at radius 3 is 1.50 bits per heavy atom. The molecule has 2 unspecified atom stereocenters. The summed E-state index contributed by atoms with van der Waals surface area (Å²) in [7, 11) is 0. The Morgan fingerprint density at radius 1 is 0.900 bits per heavy atom. The van der Waals surface area contributed by atoms with E-state index in [-0.39, 0.29) is 40.5 Å². The molecule has 0 amide bonds. The summed E-state index contributed by atoms with van der Waals surface area (Å²) in [5.74, 6) is -0.0556. The smallest absolute Gasteiger partial charge is 0.301 e. The number of nitrogens with zero attached hydrogens (tertiary/aromatic N) is 2. The molecule has 0 saturated heterocycles. The minimum absolute atomic E-state index is 0.00173. The van der Waals surface area contributed by atoms with Gasteiger partial charge in [0.1, 0.15) is 13.2 Å². The van der Waals surface area contributed by atoms with Crippen molar-refractivity contribution in [3.63, 3.8) is 0 Å². The molecule has 2 aliphatic rings. The van der Waals surface area contributed by atoms with Crippen LogP contribution < -0.4 is 0 Å². The van der Waals surface area contributed by atoms with E-state index in [1.165, 1.54) is 0 Å². The van der Waals surface area contributed by atoms with Gasteiger partial charge in [0.05, 0.1) is 12.1 Å². The minimum Gasteiger partial charge on any atom is -0.473 e. The summed E-state index contributed by atoms with van der Waals surface area (Å²) in [6, 6.07) is 0.00346. The lowest BCUT2D eigenvalue weighted by atomic mass is 9.88. The van der Waals surface area contributed by atoms with Crippen molar-refractivity contribution < 1.29 is 14.3 Å². The Kier molecular flexibility index (Phi) is 3.65. The van der Waals surface area contributed by atoms with Crippen molar-refractivity contribution in [2.24, 2.45) is 20.8 Å². The van der Waals surface area contributed by atoms with Crippen LogP contribution in [-0.4, -0.2) is 42.9 Å². The average molecular weight is 280 g/mol. The minimum atomic E-state index is -0.330. The second-order valence-corrected chi connectivity index (χ2v) is 7.58. The van der Waals surface area contributed by atoms with E-state index in [0.717, 1.165) is 0 Å². The molecule has 0 radical (unpaired) electrons. The average Bonchev–Trinajstić information content (AvgIpc) is 2.96. The van der Waals surface area contributed by atoms with Crippen LogP contribution in [0.25, 0.3) is 0 Å². The van der Waals surface area contributed by atoms with Crippen molar-refractivity contribution in [2.75, 3.05) is 13.2 Å². The van der Waals surface area contributed by atoms with Crippen molar-refractivity contribution >= 4 is 17.6 Å². The molecule has 2 atom stereocenters. The molecule has 2 rings (SSSR count). The van der Waals surface area contributed by atoms with Crippen molar-refractivity contribution in [1.82, 2.24) is 0 Å². The van der Waals surface area contributed by atoms with Crippen molar-refractivity contribution in [2.45, 2.75) is 53.6 Å². The first kappa shape index (κ1) is 15.0. The van der Waals surface area contributed by atoms with E-state index < -0.39 is 0 Å². The molecule has 0 spiro atoms. The fraction of sp³-hybridized carbons (Fsp3) is 0.800. The van der Waals surface area contributed by atoms with Gasteiger partial charge in [-0.1, -0.05) is 41.5 Å². The standard InChI is InChI=1S/C15H24N2O3/c1-14(2,3)9-7-19-12(16-9)11(18)13-17-10(8-20-13)15(4,5)6/h9-10H,7-8H2,1-6H3. The molecule has 0 bridgehead atoms. The van der Waals surface area contributed by atoms with Gasteiger partial charge in [0.2, 0.25) is 0 Å². The molecule has 20 heavy (non-hydrogen) atoms. The normalized spacial score (nSPS) is 26.7. The lowest BCUT2D eigenvalue weighted by Gasteiger charge is -2.21. The number of ether oxygens (including phenoxy) is 2. The first-order chi connectivity index (χ1) is 9.09. The van der Waals surface area contributed by atoms with Crippen LogP contribution in [0.1, 0.15) is 41.5 Å². The Labute approximate surface area is 120 Å². The van der Waals surface area contributed by atoms with Gasteiger partial charge in [0.25, 0.3) is 11.8 Å². The van der Waals surface area contributed by atoms with Gasteiger partial charge < -0.3 is 9.47 Å². The SMILES string of the molecule is CC(C)(C)C1COC(C(=O)C2=NC(C(C)(C)C)CO2)=N1. The Morgan fingerprint density at radius 2 is 1.25 bits per heavy atom. The number of hydrogen-bond donors (Lipinski definition) is 0. The third kappa shape index (κ3) is 3.02. The summed E-state index contributed by atoms with van der Waals surface area (Å²) >= 11 is 0. The van der Waals surface area contributed by atoms with Gasteiger partial charge in [-0.3, -0.25) is 4.79 Å². The van der Waals surface area contributed by atoms with Crippen LogP contribution in [0.15, 0.2) is 9.98 Å². The summed E-state index contributed by atoms with van der Waals surface area (Å²) < 4.78 is 10.9. The summed E-state index contributed by atoms with van der Waals surface area (Å²) in [4.78, 5) is 21.0. The lowest BCUT2D eigenvalue weighted by molar-refractivity contribution is -0.109. The Balaban J connectivity index is 2.11. The van der Waals surface area contributed by atoms with E-state index in [0.29, 0.717) is 13.2 Å². The van der Waals surface area contributed by atoms with Crippen molar-refractivity contribution in [3.05, 3.63) is 0 Å². The maximum atomic E-state index is 12.3. The number of ketones is 1. The van der Waals surface area contributed by atoms with Gasteiger partial charge in [0.15, 0.2) is 0 Å². The molecule has 0 aliphatic carbocycles. The van der Waals surface area contributed by atoms with E-state index >= 15 is 0 Å². The third-order valence-electron chi connectivity index (χ3n) is 3.69. The molecule has 5 heteroatoms. The molecule has 0 N–H and O–H groups in total. The molecule has 0 saturated carbocycles. The number of Topliss-reactive ketones (excluding diaryl/α,β-unsaturated/α-hetero) is 1. The summed E-state index contributed by atoms with van der Waals surface area (Å²) in [6.45, 7) is 13.4. The van der Waals surface area contributed by atoms with Crippen LogP contribution in [0.4, 0.5) is 0 Å². The molecule has 2 heterocycles. The fourth-order valence-electron chi connectivity index (χ4n) is 1.98. The molecule has 2 aliphatic heterocycles. The number of rotatable bonds is 2. The van der Waals surface area contributed by atoms with Gasteiger partial charge >= 0.3 is 5.78 Å². The second kappa shape index (κ2) is 4.86. The monoisotopic (exact) mass is 280 g/mol. The van der Waals surface area contributed by atoms with E-state index in [1.807, 2.05) is 0 Å². The van der Waals surface area contributed by atoms with E-state index in [4.69, 9.17) is 9.47 Å². The number of hydrogen-bond acceptors (Lipinski definition) is 5. The first-order valence-electron chi connectivity index (χ1n) is 7.05.